The van der Waals surface area contributed by atoms with E-state index >= 15 is 0 Å². The number of hydrogen-bond donors (Lipinski definition) is 2. The summed E-state index contributed by atoms with van der Waals surface area (Å²) in [5, 5.41) is 8.80. The van der Waals surface area contributed by atoms with Crippen LogP contribution in [0.25, 0.3) is 0 Å². The fraction of sp³-hybridized carbons (Fsp3) is 0.300. The molecule has 0 atom stereocenters. The molecule has 0 heterocycles. The Morgan fingerprint density at radius 2 is 2.14 bits per heavy atom. The molecule has 0 aliphatic carbocycles. The van der Waals surface area contributed by atoms with E-state index in [0.29, 0.717) is 11.4 Å². The van der Waals surface area contributed by atoms with Crippen molar-refractivity contribution in [2.24, 2.45) is 0 Å². The number of nitrogens with two attached hydrogens (primary N) is 1. The summed E-state index contributed by atoms with van der Waals surface area (Å²) >= 11 is 0. The number of amides is 1. The number of carbonyl (C=O) groups is 1. The Morgan fingerprint density at radius 1 is 1.50 bits per heavy atom. The first-order chi connectivity index (χ1) is 6.66. The third-order valence-electron chi connectivity index (χ3n) is 1.93. The molecule has 0 aliphatic rings. The van der Waals surface area contributed by atoms with Crippen LogP contribution in [0.1, 0.15) is 6.92 Å². The van der Waals surface area contributed by atoms with Crippen molar-refractivity contribution in [2.45, 2.75) is 6.92 Å². The number of aliphatic hydroxyl groups excluding tert-OH is 1. The summed E-state index contributed by atoms with van der Waals surface area (Å²) in [7, 11) is 0. The smallest absolute Gasteiger partial charge is 0.224 e. The minimum atomic E-state index is -0.128. The van der Waals surface area contributed by atoms with Crippen LogP contribution in [0.15, 0.2) is 24.3 Å². The Morgan fingerprint density at radius 3 is 2.64 bits per heavy atom. The molecule has 0 spiro atoms. The van der Waals surface area contributed by atoms with Crippen molar-refractivity contribution in [2.75, 3.05) is 23.8 Å². The highest BCUT2D eigenvalue weighted by molar-refractivity contribution is 5.94. The number of aliphatic hydroxyl groups is 1. The van der Waals surface area contributed by atoms with Gasteiger partial charge in [0.15, 0.2) is 0 Å². The van der Waals surface area contributed by atoms with Gasteiger partial charge in [0.25, 0.3) is 0 Å². The number of para-hydroxylation sites is 2. The van der Waals surface area contributed by atoms with Crippen LogP contribution in [0, 0.1) is 0 Å². The topological polar surface area (TPSA) is 66.6 Å². The lowest BCUT2D eigenvalue weighted by molar-refractivity contribution is -0.116. The number of nitrogens with zero attached hydrogens (tertiary/aromatic N) is 1. The Balaban J connectivity index is 2.99. The van der Waals surface area contributed by atoms with Gasteiger partial charge in [-0.15, -0.1) is 0 Å². The second kappa shape index (κ2) is 4.62. The molecular formula is C10H14N2O2. The number of benzene rings is 1. The minimum Gasteiger partial charge on any atom is -0.397 e. The van der Waals surface area contributed by atoms with Crippen molar-refractivity contribution in [3.05, 3.63) is 24.3 Å². The number of hydrogen-bond acceptors (Lipinski definition) is 3. The molecule has 1 amide bonds. The van der Waals surface area contributed by atoms with Gasteiger partial charge in [-0.05, 0) is 12.1 Å². The molecule has 4 heteroatoms. The maximum atomic E-state index is 11.2. The zero-order chi connectivity index (χ0) is 10.6. The molecule has 0 saturated carbocycles. The lowest BCUT2D eigenvalue weighted by atomic mass is 10.2. The molecule has 1 rings (SSSR count). The second-order valence-corrected chi connectivity index (χ2v) is 2.95. The predicted molar refractivity (Wildman–Crippen MR) is 56.0 cm³/mol. The van der Waals surface area contributed by atoms with Crippen LogP contribution in [-0.4, -0.2) is 24.2 Å². The summed E-state index contributed by atoms with van der Waals surface area (Å²) < 4.78 is 0. The zero-order valence-corrected chi connectivity index (χ0v) is 8.10. The zero-order valence-electron chi connectivity index (χ0n) is 8.10. The van der Waals surface area contributed by atoms with Crippen LogP contribution in [0.4, 0.5) is 11.4 Å². The lowest BCUT2D eigenvalue weighted by Gasteiger charge is -2.21. The summed E-state index contributed by atoms with van der Waals surface area (Å²) in [5.74, 6) is -0.128. The molecule has 0 aliphatic heterocycles. The van der Waals surface area contributed by atoms with Gasteiger partial charge in [0, 0.05) is 13.5 Å². The first kappa shape index (κ1) is 10.5. The molecular weight excluding hydrogens is 180 g/mol. The van der Waals surface area contributed by atoms with Gasteiger partial charge >= 0.3 is 0 Å². The Hall–Kier alpha value is -1.55. The summed E-state index contributed by atoms with van der Waals surface area (Å²) in [6, 6.07) is 7.09. The maximum absolute atomic E-state index is 11.2. The average molecular weight is 194 g/mol. The van der Waals surface area contributed by atoms with Crippen molar-refractivity contribution in [1.29, 1.82) is 0 Å². The van der Waals surface area contributed by atoms with Gasteiger partial charge < -0.3 is 15.7 Å². The molecule has 14 heavy (non-hydrogen) atoms. The van der Waals surface area contributed by atoms with Gasteiger partial charge in [-0.1, -0.05) is 12.1 Å². The van der Waals surface area contributed by atoms with Crippen molar-refractivity contribution in [3.8, 4) is 0 Å². The van der Waals surface area contributed by atoms with Crippen LogP contribution in [0.2, 0.25) is 0 Å². The Labute approximate surface area is 82.9 Å². The van der Waals surface area contributed by atoms with Crippen LogP contribution < -0.4 is 10.6 Å². The summed E-state index contributed by atoms with van der Waals surface area (Å²) in [6.45, 7) is 1.64. The van der Waals surface area contributed by atoms with E-state index in [2.05, 4.69) is 0 Å². The lowest BCUT2D eigenvalue weighted by Crippen LogP contribution is -2.31. The quantitative estimate of drug-likeness (QED) is 0.693. The van der Waals surface area contributed by atoms with Crippen LogP contribution >= 0.6 is 0 Å². The van der Waals surface area contributed by atoms with Crippen LogP contribution in [0.5, 0.6) is 0 Å². The van der Waals surface area contributed by atoms with E-state index in [-0.39, 0.29) is 19.1 Å². The van der Waals surface area contributed by atoms with Crippen molar-refractivity contribution >= 4 is 17.3 Å². The molecule has 3 N–H and O–H groups in total. The van der Waals surface area contributed by atoms with E-state index in [1.54, 1.807) is 24.3 Å². The fourth-order valence-electron chi connectivity index (χ4n) is 1.28. The van der Waals surface area contributed by atoms with Crippen molar-refractivity contribution < 1.29 is 9.90 Å². The highest BCUT2D eigenvalue weighted by Crippen LogP contribution is 2.21. The molecule has 76 valence electrons. The van der Waals surface area contributed by atoms with Gasteiger partial charge in [-0.2, -0.15) is 0 Å². The number of nitrogen functional groups attached to an aromatic ring is 1. The molecule has 0 saturated heterocycles. The third-order valence-corrected chi connectivity index (χ3v) is 1.93. The Kier molecular flexibility index (Phi) is 3.48. The molecule has 4 nitrogen and oxygen atoms in total. The van der Waals surface area contributed by atoms with E-state index in [1.807, 2.05) is 0 Å². The van der Waals surface area contributed by atoms with Gasteiger partial charge in [-0.25, -0.2) is 0 Å². The number of carbonyl (C=O) groups excluding carboxylic acids is 1. The minimum absolute atomic E-state index is 0.0755. The summed E-state index contributed by atoms with van der Waals surface area (Å²) in [5.41, 5.74) is 6.90. The van der Waals surface area contributed by atoms with E-state index in [1.165, 1.54) is 11.8 Å². The van der Waals surface area contributed by atoms with Crippen molar-refractivity contribution in [3.63, 3.8) is 0 Å². The van der Waals surface area contributed by atoms with Crippen LogP contribution in [0.3, 0.4) is 0 Å². The van der Waals surface area contributed by atoms with E-state index < -0.39 is 0 Å². The van der Waals surface area contributed by atoms with Gasteiger partial charge in [0.1, 0.15) is 0 Å². The van der Waals surface area contributed by atoms with Crippen LogP contribution in [-0.2, 0) is 4.79 Å². The maximum Gasteiger partial charge on any atom is 0.224 e. The molecule has 0 aromatic heterocycles. The molecule has 1 aromatic carbocycles. The largest absolute Gasteiger partial charge is 0.397 e. The standard InChI is InChI=1S/C10H14N2O2/c1-8(14)12(6-7-13)10-5-3-2-4-9(10)11/h2-5,13H,6-7,11H2,1H3. The van der Waals surface area contributed by atoms with Gasteiger partial charge in [-0.3, -0.25) is 4.79 Å². The average Bonchev–Trinajstić information content (AvgIpc) is 2.15. The summed E-state index contributed by atoms with van der Waals surface area (Å²) in [6.07, 6.45) is 0. The molecule has 0 fully saturated rings. The van der Waals surface area contributed by atoms with Gasteiger partial charge in [0.05, 0.1) is 18.0 Å². The first-order valence-corrected chi connectivity index (χ1v) is 4.40. The van der Waals surface area contributed by atoms with Gasteiger partial charge in [0.2, 0.25) is 5.91 Å². The highest BCUT2D eigenvalue weighted by Gasteiger charge is 2.12. The molecule has 0 unspecified atom stereocenters. The molecule has 0 radical (unpaired) electrons. The monoisotopic (exact) mass is 194 g/mol. The number of rotatable bonds is 3. The first-order valence-electron chi connectivity index (χ1n) is 4.40. The fourth-order valence-corrected chi connectivity index (χ4v) is 1.28. The normalized spacial score (nSPS) is 9.86. The molecule has 0 bridgehead atoms. The molecule has 1 aromatic rings. The highest BCUT2D eigenvalue weighted by atomic mass is 16.3. The van der Waals surface area contributed by atoms with E-state index in [9.17, 15) is 4.79 Å². The third kappa shape index (κ3) is 2.23. The Bertz CT molecular complexity index is 326. The number of anilines is 2. The van der Waals surface area contributed by atoms with Crippen molar-refractivity contribution in [1.82, 2.24) is 0 Å². The predicted octanol–water partition coefficient (Wildman–Crippen LogP) is 0.614. The van der Waals surface area contributed by atoms with E-state index in [4.69, 9.17) is 10.8 Å². The SMILES string of the molecule is CC(=O)N(CCO)c1ccccc1N. The second-order valence-electron chi connectivity index (χ2n) is 2.95. The van der Waals surface area contributed by atoms with E-state index in [0.717, 1.165) is 0 Å². The summed E-state index contributed by atoms with van der Waals surface area (Å²) in [4.78, 5) is 12.7.